The van der Waals surface area contributed by atoms with E-state index in [-0.39, 0.29) is 6.42 Å². The molecule has 0 saturated carbocycles. The van der Waals surface area contributed by atoms with Crippen molar-refractivity contribution in [2.24, 2.45) is 0 Å². The lowest BCUT2D eigenvalue weighted by Gasteiger charge is -2.06. The van der Waals surface area contributed by atoms with Gasteiger partial charge < -0.3 is 15.8 Å². The molecular weight excluding hydrogens is 284 g/mol. The van der Waals surface area contributed by atoms with Gasteiger partial charge in [-0.1, -0.05) is 0 Å². The van der Waals surface area contributed by atoms with Crippen LogP contribution in [0.4, 0.5) is 11.4 Å². The van der Waals surface area contributed by atoms with E-state index >= 15 is 0 Å². The minimum atomic E-state index is -3.64. The number of hydrogen-bond acceptors (Lipinski definition) is 6. The molecule has 20 heavy (non-hydrogen) atoms. The van der Waals surface area contributed by atoms with E-state index in [2.05, 4.69) is 10.1 Å². The third-order valence-electron chi connectivity index (χ3n) is 2.40. The highest BCUT2D eigenvalue weighted by atomic mass is 32.2. The predicted molar refractivity (Wildman–Crippen MR) is 74.8 cm³/mol. The Labute approximate surface area is 117 Å². The van der Waals surface area contributed by atoms with E-state index in [1.54, 1.807) is 24.3 Å². The van der Waals surface area contributed by atoms with Crippen molar-refractivity contribution in [1.82, 2.24) is 0 Å². The van der Waals surface area contributed by atoms with Crippen molar-refractivity contribution in [3.8, 4) is 0 Å². The van der Waals surface area contributed by atoms with E-state index in [1.165, 1.54) is 0 Å². The van der Waals surface area contributed by atoms with E-state index in [0.29, 0.717) is 11.4 Å². The van der Waals surface area contributed by atoms with E-state index in [0.717, 1.165) is 7.11 Å². The second-order valence-corrected chi connectivity index (χ2v) is 6.27. The van der Waals surface area contributed by atoms with Crippen LogP contribution in [-0.4, -0.2) is 38.9 Å². The Balaban J connectivity index is 2.47. The van der Waals surface area contributed by atoms with Crippen LogP contribution in [0.2, 0.25) is 0 Å². The molecule has 0 radical (unpaired) electrons. The van der Waals surface area contributed by atoms with Gasteiger partial charge in [0.1, 0.15) is 5.75 Å². The van der Waals surface area contributed by atoms with E-state index in [1.807, 2.05) is 0 Å². The fourth-order valence-corrected chi connectivity index (χ4v) is 2.47. The Hall–Kier alpha value is -2.09. The average molecular weight is 300 g/mol. The number of benzene rings is 1. The molecule has 1 aromatic rings. The quantitative estimate of drug-likeness (QED) is 0.572. The molecule has 0 saturated heterocycles. The van der Waals surface area contributed by atoms with Gasteiger partial charge in [-0.15, -0.1) is 0 Å². The third-order valence-corrected chi connectivity index (χ3v) is 3.90. The van der Waals surface area contributed by atoms with Crippen molar-refractivity contribution < 1.29 is 22.7 Å². The van der Waals surface area contributed by atoms with Crippen LogP contribution in [0.3, 0.4) is 0 Å². The summed E-state index contributed by atoms with van der Waals surface area (Å²) in [5.74, 6) is -2.44. The number of esters is 1. The Morgan fingerprint density at radius 1 is 1.25 bits per heavy atom. The summed E-state index contributed by atoms with van der Waals surface area (Å²) in [6.45, 7) is 0. The second-order valence-electron chi connectivity index (χ2n) is 4.09. The van der Waals surface area contributed by atoms with Gasteiger partial charge in [0.25, 0.3) is 0 Å². The topological polar surface area (TPSA) is 116 Å². The van der Waals surface area contributed by atoms with E-state index in [9.17, 15) is 18.0 Å². The van der Waals surface area contributed by atoms with Gasteiger partial charge in [-0.2, -0.15) is 0 Å². The van der Waals surface area contributed by atoms with Gasteiger partial charge in [0, 0.05) is 17.8 Å². The molecule has 0 atom stereocenters. The number of amides is 1. The molecule has 0 aliphatic carbocycles. The van der Waals surface area contributed by atoms with Gasteiger partial charge in [0.05, 0.1) is 12.9 Å². The number of ether oxygens (including phenoxy) is 1. The normalized spacial score (nSPS) is 10.8. The molecule has 0 aliphatic rings. The first-order valence-corrected chi connectivity index (χ1v) is 7.57. The zero-order valence-corrected chi connectivity index (χ0v) is 11.8. The number of carbonyl (C=O) groups excluding carboxylic acids is 2. The molecule has 1 aromatic carbocycles. The van der Waals surface area contributed by atoms with E-state index in [4.69, 9.17) is 5.73 Å². The zero-order valence-electron chi connectivity index (χ0n) is 11.0. The summed E-state index contributed by atoms with van der Waals surface area (Å²) < 4.78 is 27.3. The monoisotopic (exact) mass is 300 g/mol. The minimum Gasteiger partial charge on any atom is -0.468 e. The summed E-state index contributed by atoms with van der Waals surface area (Å²) in [6.07, 6.45) is -0.232. The highest BCUT2D eigenvalue weighted by Gasteiger charge is 2.18. The van der Waals surface area contributed by atoms with Crippen molar-refractivity contribution in [3.05, 3.63) is 24.3 Å². The minimum absolute atomic E-state index is 0.232. The number of nitrogens with one attached hydrogen (secondary N) is 1. The Morgan fingerprint density at radius 2 is 1.85 bits per heavy atom. The maximum atomic E-state index is 11.6. The largest absolute Gasteiger partial charge is 0.468 e. The molecule has 0 spiro atoms. The smallest absolute Gasteiger partial charge is 0.320 e. The lowest BCUT2D eigenvalue weighted by Crippen LogP contribution is -2.23. The molecule has 0 heterocycles. The molecule has 0 bridgehead atoms. The fourth-order valence-electron chi connectivity index (χ4n) is 1.35. The molecule has 0 unspecified atom stereocenters. The molecular formula is C12H16N2O5S. The van der Waals surface area contributed by atoms with Crippen LogP contribution in [0.5, 0.6) is 0 Å². The lowest BCUT2D eigenvalue weighted by molar-refractivity contribution is -0.137. The van der Waals surface area contributed by atoms with Gasteiger partial charge in [0.2, 0.25) is 5.91 Å². The number of nitrogen functional groups attached to an aromatic ring is 1. The summed E-state index contributed by atoms with van der Waals surface area (Å²) in [6, 6.07) is 6.44. The van der Waals surface area contributed by atoms with Crippen molar-refractivity contribution in [3.63, 3.8) is 0 Å². The highest BCUT2D eigenvalue weighted by molar-refractivity contribution is 7.92. The molecule has 1 rings (SSSR count). The summed E-state index contributed by atoms with van der Waals surface area (Å²) >= 11 is 0. The van der Waals surface area contributed by atoms with Crippen molar-refractivity contribution in [1.29, 1.82) is 0 Å². The summed E-state index contributed by atoms with van der Waals surface area (Å²) in [4.78, 5) is 22.5. The first-order valence-electron chi connectivity index (χ1n) is 5.75. The predicted octanol–water partition coefficient (Wildman–Crippen LogP) is 0.185. The SMILES string of the molecule is COC(=O)CS(=O)(=O)CCC(=O)Nc1ccc(N)cc1. The maximum absolute atomic E-state index is 11.6. The van der Waals surface area contributed by atoms with Gasteiger partial charge >= 0.3 is 5.97 Å². The van der Waals surface area contributed by atoms with Gasteiger partial charge in [0.15, 0.2) is 9.84 Å². The Morgan fingerprint density at radius 3 is 2.40 bits per heavy atom. The van der Waals surface area contributed by atoms with Crippen LogP contribution in [0, 0.1) is 0 Å². The number of rotatable bonds is 6. The maximum Gasteiger partial charge on any atom is 0.320 e. The zero-order chi connectivity index (χ0) is 15.2. The molecule has 3 N–H and O–H groups in total. The lowest BCUT2D eigenvalue weighted by atomic mass is 10.3. The summed E-state index contributed by atoms with van der Waals surface area (Å²) in [7, 11) is -2.54. The third kappa shape index (κ3) is 5.70. The van der Waals surface area contributed by atoms with Crippen LogP contribution in [0.25, 0.3) is 0 Å². The number of hydrogen-bond donors (Lipinski definition) is 2. The number of nitrogens with two attached hydrogens (primary N) is 1. The number of sulfone groups is 1. The highest BCUT2D eigenvalue weighted by Crippen LogP contribution is 2.10. The van der Waals surface area contributed by atoms with E-state index < -0.39 is 33.2 Å². The van der Waals surface area contributed by atoms with Crippen LogP contribution in [0.15, 0.2) is 24.3 Å². The summed E-state index contributed by atoms with van der Waals surface area (Å²) in [5.41, 5.74) is 6.58. The molecule has 7 nitrogen and oxygen atoms in total. The van der Waals surface area contributed by atoms with Crippen LogP contribution < -0.4 is 11.1 Å². The van der Waals surface area contributed by atoms with Crippen LogP contribution >= 0.6 is 0 Å². The molecule has 1 amide bonds. The van der Waals surface area contributed by atoms with Gasteiger partial charge in [-0.25, -0.2) is 8.42 Å². The second kappa shape index (κ2) is 6.90. The standard InChI is InChI=1S/C12H16N2O5S/c1-19-12(16)8-20(17,18)7-6-11(15)14-10-4-2-9(13)3-5-10/h2-5H,6-8,13H2,1H3,(H,14,15). The number of methoxy groups -OCH3 is 1. The molecule has 0 aliphatic heterocycles. The molecule has 8 heteroatoms. The average Bonchev–Trinajstić information content (AvgIpc) is 2.39. The molecule has 0 aromatic heterocycles. The Bertz CT molecular complexity index is 580. The molecule has 110 valence electrons. The van der Waals surface area contributed by atoms with Crippen LogP contribution in [0.1, 0.15) is 6.42 Å². The van der Waals surface area contributed by atoms with Crippen molar-refractivity contribution >= 4 is 33.1 Å². The molecule has 0 fully saturated rings. The Kier molecular flexibility index (Phi) is 5.51. The number of carbonyl (C=O) groups is 2. The van der Waals surface area contributed by atoms with Gasteiger partial charge in [-0.05, 0) is 24.3 Å². The van der Waals surface area contributed by atoms with Crippen LogP contribution in [-0.2, 0) is 24.2 Å². The summed E-state index contributed by atoms with van der Waals surface area (Å²) in [5, 5.41) is 2.53. The first kappa shape index (κ1) is 16.0. The van der Waals surface area contributed by atoms with Crippen molar-refractivity contribution in [2.75, 3.05) is 29.7 Å². The van der Waals surface area contributed by atoms with Crippen molar-refractivity contribution in [2.45, 2.75) is 6.42 Å². The van der Waals surface area contributed by atoms with Gasteiger partial charge in [-0.3, -0.25) is 9.59 Å². The first-order chi connectivity index (χ1) is 9.32. The fraction of sp³-hybridized carbons (Fsp3) is 0.333. The number of anilines is 2.